The smallest absolute Gasteiger partial charge is 0.142 e. The third kappa shape index (κ3) is 7.64. The van der Waals surface area contributed by atoms with Gasteiger partial charge in [0.25, 0.3) is 0 Å². The van der Waals surface area contributed by atoms with Gasteiger partial charge in [-0.05, 0) is 50.8 Å². The van der Waals surface area contributed by atoms with E-state index in [-0.39, 0.29) is 5.54 Å². The molecule has 0 unspecified atom stereocenters. The molecule has 0 aliphatic rings. The van der Waals surface area contributed by atoms with Crippen LogP contribution < -0.4 is 10.1 Å². The van der Waals surface area contributed by atoms with Crippen LogP contribution >= 0.6 is 35.0 Å². The van der Waals surface area contributed by atoms with Crippen LogP contribution in [0, 0.1) is 0 Å². The molecule has 0 heterocycles. The molecule has 0 saturated heterocycles. The molecule has 21 heavy (non-hydrogen) atoms. The number of nitrogens with one attached hydrogen (secondary N) is 1. The van der Waals surface area contributed by atoms with Crippen LogP contribution in [0.2, 0.25) is 10.0 Å². The zero-order chi connectivity index (χ0) is 15.9. The summed E-state index contributed by atoms with van der Waals surface area (Å²) in [6.45, 7) is 9.91. The van der Waals surface area contributed by atoms with Crippen LogP contribution in [0.1, 0.15) is 39.7 Å². The maximum absolute atomic E-state index is 6.28. The van der Waals surface area contributed by atoms with Gasteiger partial charge in [-0.2, -0.15) is 11.8 Å². The minimum atomic E-state index is 0.0316. The zero-order valence-electron chi connectivity index (χ0n) is 13.3. The first-order valence-corrected chi connectivity index (χ1v) is 9.18. The van der Waals surface area contributed by atoms with Gasteiger partial charge in [-0.1, -0.05) is 30.1 Å². The Balaban J connectivity index is 2.71. The molecule has 120 valence electrons. The molecule has 5 heteroatoms. The molecule has 1 aromatic rings. The van der Waals surface area contributed by atoms with E-state index in [1.807, 2.05) is 17.8 Å². The third-order valence-corrected chi connectivity index (χ3v) is 4.26. The SMILES string of the molecule is CCSCCCOc1c(Cl)cc(Cl)cc1CNC(C)(C)C. The maximum atomic E-state index is 6.28. The Morgan fingerprint density at radius 1 is 1.24 bits per heavy atom. The molecule has 1 N–H and O–H groups in total. The van der Waals surface area contributed by atoms with Gasteiger partial charge in [-0.3, -0.25) is 0 Å². The quantitative estimate of drug-likeness (QED) is 0.634. The van der Waals surface area contributed by atoms with E-state index >= 15 is 0 Å². The van der Waals surface area contributed by atoms with E-state index in [4.69, 9.17) is 27.9 Å². The van der Waals surface area contributed by atoms with Gasteiger partial charge in [0.1, 0.15) is 5.75 Å². The predicted molar refractivity (Wildman–Crippen MR) is 96.2 cm³/mol. The Kier molecular flexibility index (Phi) is 8.25. The fraction of sp³-hybridized carbons (Fsp3) is 0.625. The first kappa shape index (κ1) is 19.0. The van der Waals surface area contributed by atoms with E-state index in [1.54, 1.807) is 6.07 Å². The van der Waals surface area contributed by atoms with Crippen molar-refractivity contribution in [2.75, 3.05) is 18.1 Å². The van der Waals surface area contributed by atoms with Crippen molar-refractivity contribution in [2.45, 2.75) is 46.2 Å². The van der Waals surface area contributed by atoms with Crippen LogP contribution in [0.25, 0.3) is 0 Å². The molecule has 0 amide bonds. The molecule has 2 nitrogen and oxygen atoms in total. The molecule has 0 saturated carbocycles. The minimum Gasteiger partial charge on any atom is -0.492 e. The molecule has 1 aromatic carbocycles. The van der Waals surface area contributed by atoms with Crippen LogP contribution in [0.4, 0.5) is 0 Å². The van der Waals surface area contributed by atoms with Crippen molar-refractivity contribution >= 4 is 35.0 Å². The molecular formula is C16H25Cl2NOS. The van der Waals surface area contributed by atoms with Crippen molar-refractivity contribution in [3.63, 3.8) is 0 Å². The molecule has 1 rings (SSSR count). The van der Waals surface area contributed by atoms with Crippen LogP contribution in [0.3, 0.4) is 0 Å². The predicted octanol–water partition coefficient (Wildman–Crippen LogP) is 5.40. The average molecular weight is 350 g/mol. The second kappa shape index (κ2) is 9.14. The van der Waals surface area contributed by atoms with Crippen molar-refractivity contribution in [3.05, 3.63) is 27.7 Å². The lowest BCUT2D eigenvalue weighted by Crippen LogP contribution is -2.35. The topological polar surface area (TPSA) is 21.3 Å². The summed E-state index contributed by atoms with van der Waals surface area (Å²) in [6.07, 6.45) is 1.02. The molecule has 0 spiro atoms. The first-order chi connectivity index (χ1) is 9.83. The van der Waals surface area contributed by atoms with Gasteiger partial charge >= 0.3 is 0 Å². The number of hydrogen-bond donors (Lipinski definition) is 1. The van der Waals surface area contributed by atoms with Gasteiger partial charge in [-0.15, -0.1) is 0 Å². The lowest BCUT2D eigenvalue weighted by molar-refractivity contribution is 0.312. The molecule has 0 atom stereocenters. The van der Waals surface area contributed by atoms with E-state index in [2.05, 4.69) is 33.0 Å². The number of rotatable bonds is 8. The minimum absolute atomic E-state index is 0.0316. The van der Waals surface area contributed by atoms with Gasteiger partial charge in [0.2, 0.25) is 0 Å². The van der Waals surface area contributed by atoms with Gasteiger partial charge in [0.05, 0.1) is 11.6 Å². The van der Waals surface area contributed by atoms with Crippen LogP contribution in [0.15, 0.2) is 12.1 Å². The third-order valence-electron chi connectivity index (χ3n) is 2.78. The second-order valence-electron chi connectivity index (χ2n) is 5.88. The standard InChI is InChI=1S/C16H25Cl2NOS/c1-5-21-8-6-7-20-15-12(11-19-16(2,3)4)9-13(17)10-14(15)18/h9-10,19H,5-8,11H2,1-4H3. The summed E-state index contributed by atoms with van der Waals surface area (Å²) in [7, 11) is 0. The van der Waals surface area contributed by atoms with Crippen molar-refractivity contribution in [1.82, 2.24) is 5.32 Å². The Bertz CT molecular complexity index is 447. The number of halogens is 2. The zero-order valence-corrected chi connectivity index (χ0v) is 15.6. The average Bonchev–Trinajstić information content (AvgIpc) is 2.37. The summed E-state index contributed by atoms with van der Waals surface area (Å²) in [5.41, 5.74) is 1.04. The van der Waals surface area contributed by atoms with Gasteiger partial charge in [-0.25, -0.2) is 0 Å². The maximum Gasteiger partial charge on any atom is 0.142 e. The van der Waals surface area contributed by atoms with Gasteiger partial charge in [0.15, 0.2) is 0 Å². The van der Waals surface area contributed by atoms with E-state index in [0.717, 1.165) is 29.2 Å². The Morgan fingerprint density at radius 3 is 2.57 bits per heavy atom. The first-order valence-electron chi connectivity index (χ1n) is 7.27. The van der Waals surface area contributed by atoms with Gasteiger partial charge < -0.3 is 10.1 Å². The number of hydrogen-bond acceptors (Lipinski definition) is 3. The van der Waals surface area contributed by atoms with Gasteiger partial charge in [0, 0.05) is 22.7 Å². The van der Waals surface area contributed by atoms with Crippen LogP contribution in [-0.4, -0.2) is 23.7 Å². The Labute approximate surface area is 142 Å². The fourth-order valence-corrected chi connectivity index (χ4v) is 2.95. The van der Waals surface area contributed by atoms with Crippen molar-refractivity contribution in [1.29, 1.82) is 0 Å². The largest absolute Gasteiger partial charge is 0.492 e. The van der Waals surface area contributed by atoms with E-state index in [9.17, 15) is 0 Å². The number of benzene rings is 1. The summed E-state index contributed by atoms with van der Waals surface area (Å²) in [5, 5.41) is 4.66. The highest BCUT2D eigenvalue weighted by Crippen LogP contribution is 2.33. The monoisotopic (exact) mass is 349 g/mol. The summed E-state index contributed by atoms with van der Waals surface area (Å²) < 4.78 is 5.89. The molecule has 0 aliphatic carbocycles. The molecular weight excluding hydrogens is 325 g/mol. The normalized spacial score (nSPS) is 11.7. The summed E-state index contributed by atoms with van der Waals surface area (Å²) in [4.78, 5) is 0. The molecule has 0 radical (unpaired) electrons. The fourth-order valence-electron chi connectivity index (χ4n) is 1.75. The van der Waals surface area contributed by atoms with Crippen molar-refractivity contribution < 1.29 is 4.74 Å². The Morgan fingerprint density at radius 2 is 1.95 bits per heavy atom. The summed E-state index contributed by atoms with van der Waals surface area (Å²) in [5.74, 6) is 3.00. The highest BCUT2D eigenvalue weighted by Gasteiger charge is 2.14. The van der Waals surface area contributed by atoms with Crippen molar-refractivity contribution in [3.8, 4) is 5.75 Å². The van der Waals surface area contributed by atoms with Crippen LogP contribution in [0.5, 0.6) is 5.75 Å². The molecule has 0 bridgehead atoms. The highest BCUT2D eigenvalue weighted by atomic mass is 35.5. The summed E-state index contributed by atoms with van der Waals surface area (Å²) in [6, 6.07) is 3.65. The summed E-state index contributed by atoms with van der Waals surface area (Å²) >= 11 is 14.3. The van der Waals surface area contributed by atoms with E-state index < -0.39 is 0 Å². The molecule has 0 fully saturated rings. The Hall–Kier alpha value is -0.0900. The molecule has 0 aromatic heterocycles. The van der Waals surface area contributed by atoms with Crippen molar-refractivity contribution in [2.24, 2.45) is 0 Å². The molecule has 0 aliphatic heterocycles. The number of ether oxygens (including phenoxy) is 1. The lowest BCUT2D eigenvalue weighted by atomic mass is 10.1. The van der Waals surface area contributed by atoms with E-state index in [1.165, 1.54) is 0 Å². The van der Waals surface area contributed by atoms with E-state index in [0.29, 0.717) is 23.2 Å². The number of thioether (sulfide) groups is 1. The highest BCUT2D eigenvalue weighted by molar-refractivity contribution is 7.99. The lowest BCUT2D eigenvalue weighted by Gasteiger charge is -2.22. The second-order valence-corrected chi connectivity index (χ2v) is 8.12. The van der Waals surface area contributed by atoms with Crippen LogP contribution in [-0.2, 0) is 6.54 Å².